The van der Waals surface area contributed by atoms with Gasteiger partial charge in [-0.25, -0.2) is 0 Å². The summed E-state index contributed by atoms with van der Waals surface area (Å²) in [6.07, 6.45) is 3.84. The molecule has 0 radical (unpaired) electrons. The van der Waals surface area contributed by atoms with Crippen LogP contribution in [0.15, 0.2) is 30.3 Å². The minimum absolute atomic E-state index is 0.599. The molecule has 0 atom stereocenters. The molecular formula is C19H21ClO. The molecule has 0 aliphatic heterocycles. The van der Waals surface area contributed by atoms with Crippen LogP contribution in [0.5, 0.6) is 0 Å². The number of rotatable bonds is 5. The lowest BCUT2D eigenvalue weighted by Crippen LogP contribution is -2.00. The van der Waals surface area contributed by atoms with Crippen molar-refractivity contribution in [2.45, 2.75) is 40.0 Å². The summed E-state index contributed by atoms with van der Waals surface area (Å²) < 4.78 is 0. The third kappa shape index (κ3) is 3.19. The zero-order valence-electron chi connectivity index (χ0n) is 12.9. The standard InChI is InChI=1S/C19H21ClO/c1-4-13-9-14(5-2)19(15(6-3)10-13)18-8-7-17(20)11-16(18)12-21/h7-12H,4-6H2,1-3H3. The third-order valence-electron chi connectivity index (χ3n) is 3.94. The monoisotopic (exact) mass is 300 g/mol. The van der Waals surface area contributed by atoms with Crippen molar-refractivity contribution in [1.82, 2.24) is 0 Å². The highest BCUT2D eigenvalue weighted by atomic mass is 35.5. The molecule has 0 fully saturated rings. The van der Waals surface area contributed by atoms with Crippen molar-refractivity contribution in [3.05, 3.63) is 57.6 Å². The molecule has 0 unspecified atom stereocenters. The number of benzene rings is 2. The van der Waals surface area contributed by atoms with Crippen molar-refractivity contribution in [3.8, 4) is 11.1 Å². The summed E-state index contributed by atoms with van der Waals surface area (Å²) in [5.74, 6) is 0. The van der Waals surface area contributed by atoms with E-state index in [1.165, 1.54) is 22.3 Å². The molecule has 2 aromatic carbocycles. The van der Waals surface area contributed by atoms with Gasteiger partial charge in [0.05, 0.1) is 0 Å². The maximum atomic E-state index is 11.4. The van der Waals surface area contributed by atoms with Crippen LogP contribution >= 0.6 is 11.6 Å². The topological polar surface area (TPSA) is 17.1 Å². The van der Waals surface area contributed by atoms with Gasteiger partial charge < -0.3 is 0 Å². The highest BCUT2D eigenvalue weighted by Gasteiger charge is 2.14. The first-order valence-corrected chi connectivity index (χ1v) is 7.92. The van der Waals surface area contributed by atoms with Gasteiger partial charge in [-0.2, -0.15) is 0 Å². The van der Waals surface area contributed by atoms with Crippen molar-refractivity contribution in [2.24, 2.45) is 0 Å². The van der Waals surface area contributed by atoms with Crippen LogP contribution in [-0.4, -0.2) is 6.29 Å². The van der Waals surface area contributed by atoms with Crippen LogP contribution in [0.1, 0.15) is 47.8 Å². The summed E-state index contributed by atoms with van der Waals surface area (Å²) in [6.45, 7) is 6.50. The lowest BCUT2D eigenvalue weighted by Gasteiger charge is -2.17. The van der Waals surface area contributed by atoms with Crippen LogP contribution in [0.4, 0.5) is 0 Å². The fourth-order valence-electron chi connectivity index (χ4n) is 2.81. The van der Waals surface area contributed by atoms with E-state index in [1.54, 1.807) is 6.07 Å². The van der Waals surface area contributed by atoms with Gasteiger partial charge in [0, 0.05) is 10.6 Å². The predicted molar refractivity (Wildman–Crippen MR) is 90.4 cm³/mol. The lowest BCUT2D eigenvalue weighted by atomic mass is 9.87. The van der Waals surface area contributed by atoms with Crippen LogP contribution in [0.2, 0.25) is 5.02 Å². The van der Waals surface area contributed by atoms with Crippen LogP contribution in [0.3, 0.4) is 0 Å². The molecule has 0 amide bonds. The molecule has 0 bridgehead atoms. The van der Waals surface area contributed by atoms with Gasteiger partial charge >= 0.3 is 0 Å². The molecule has 0 spiro atoms. The highest BCUT2D eigenvalue weighted by molar-refractivity contribution is 6.31. The average Bonchev–Trinajstić information content (AvgIpc) is 2.53. The number of hydrogen-bond acceptors (Lipinski definition) is 1. The molecular weight excluding hydrogens is 280 g/mol. The van der Waals surface area contributed by atoms with Crippen LogP contribution in [0.25, 0.3) is 11.1 Å². The highest BCUT2D eigenvalue weighted by Crippen LogP contribution is 2.33. The Balaban J connectivity index is 2.76. The number of aldehydes is 1. The minimum Gasteiger partial charge on any atom is -0.298 e. The smallest absolute Gasteiger partial charge is 0.150 e. The minimum atomic E-state index is 0.599. The Hall–Kier alpha value is -1.60. The van der Waals surface area contributed by atoms with E-state index in [9.17, 15) is 4.79 Å². The van der Waals surface area contributed by atoms with Crippen molar-refractivity contribution in [3.63, 3.8) is 0 Å². The van der Waals surface area contributed by atoms with E-state index in [1.807, 2.05) is 12.1 Å². The first-order valence-electron chi connectivity index (χ1n) is 7.54. The SMILES string of the molecule is CCc1cc(CC)c(-c2ccc(Cl)cc2C=O)c(CC)c1. The summed E-state index contributed by atoms with van der Waals surface area (Å²) in [6, 6.07) is 10.1. The first kappa shape index (κ1) is 15.8. The van der Waals surface area contributed by atoms with Crippen molar-refractivity contribution < 1.29 is 4.79 Å². The van der Waals surface area contributed by atoms with E-state index in [0.29, 0.717) is 10.6 Å². The first-order chi connectivity index (χ1) is 10.1. The van der Waals surface area contributed by atoms with Gasteiger partial charge in [-0.3, -0.25) is 4.79 Å². The van der Waals surface area contributed by atoms with E-state index in [2.05, 4.69) is 32.9 Å². The Morgan fingerprint density at radius 3 is 2.05 bits per heavy atom. The molecule has 2 heteroatoms. The average molecular weight is 301 g/mol. The summed E-state index contributed by atoms with van der Waals surface area (Å²) >= 11 is 6.02. The van der Waals surface area contributed by atoms with Gasteiger partial charge in [0.15, 0.2) is 6.29 Å². The fourth-order valence-corrected chi connectivity index (χ4v) is 2.99. The molecule has 2 aromatic rings. The van der Waals surface area contributed by atoms with E-state index in [0.717, 1.165) is 31.1 Å². The molecule has 1 nitrogen and oxygen atoms in total. The molecule has 0 saturated carbocycles. The molecule has 0 aliphatic rings. The third-order valence-corrected chi connectivity index (χ3v) is 4.18. The number of aryl methyl sites for hydroxylation is 3. The normalized spacial score (nSPS) is 10.7. The summed E-state index contributed by atoms with van der Waals surface area (Å²) in [5, 5.41) is 0.599. The Kier molecular flexibility index (Phi) is 5.19. The van der Waals surface area contributed by atoms with Crippen LogP contribution in [-0.2, 0) is 19.3 Å². The second-order valence-electron chi connectivity index (χ2n) is 5.20. The van der Waals surface area contributed by atoms with E-state index in [-0.39, 0.29) is 0 Å². The predicted octanol–water partition coefficient (Wildman–Crippen LogP) is 5.51. The van der Waals surface area contributed by atoms with Crippen molar-refractivity contribution in [1.29, 1.82) is 0 Å². The molecule has 2 rings (SSSR count). The van der Waals surface area contributed by atoms with Gasteiger partial charge in [0.2, 0.25) is 0 Å². The van der Waals surface area contributed by atoms with Gasteiger partial charge in [-0.05, 0) is 59.2 Å². The zero-order valence-corrected chi connectivity index (χ0v) is 13.6. The number of hydrogen-bond donors (Lipinski definition) is 0. The Morgan fingerprint density at radius 1 is 0.952 bits per heavy atom. The molecule has 0 aromatic heterocycles. The van der Waals surface area contributed by atoms with Gasteiger partial charge in [-0.15, -0.1) is 0 Å². The quantitative estimate of drug-likeness (QED) is 0.666. The molecule has 0 heterocycles. The Bertz CT molecular complexity index is 634. The molecule has 0 aliphatic carbocycles. The van der Waals surface area contributed by atoms with Gasteiger partial charge in [0.25, 0.3) is 0 Å². The number of halogens is 1. The van der Waals surface area contributed by atoms with E-state index in [4.69, 9.17) is 11.6 Å². The molecule has 0 N–H and O–H groups in total. The van der Waals surface area contributed by atoms with Crippen LogP contribution < -0.4 is 0 Å². The number of carbonyl (C=O) groups is 1. The van der Waals surface area contributed by atoms with Gasteiger partial charge in [-0.1, -0.05) is 50.6 Å². The van der Waals surface area contributed by atoms with E-state index >= 15 is 0 Å². The summed E-state index contributed by atoms with van der Waals surface area (Å²) in [5.41, 5.74) is 6.82. The lowest BCUT2D eigenvalue weighted by molar-refractivity contribution is 0.112. The Labute approximate surface area is 132 Å². The largest absolute Gasteiger partial charge is 0.298 e. The molecule has 21 heavy (non-hydrogen) atoms. The second kappa shape index (κ2) is 6.91. The Morgan fingerprint density at radius 2 is 1.57 bits per heavy atom. The maximum Gasteiger partial charge on any atom is 0.150 e. The van der Waals surface area contributed by atoms with E-state index < -0.39 is 0 Å². The second-order valence-corrected chi connectivity index (χ2v) is 5.64. The number of carbonyl (C=O) groups excluding carboxylic acids is 1. The molecule has 110 valence electrons. The summed E-state index contributed by atoms with van der Waals surface area (Å²) in [7, 11) is 0. The van der Waals surface area contributed by atoms with Crippen LogP contribution in [0, 0.1) is 0 Å². The van der Waals surface area contributed by atoms with Gasteiger partial charge in [0.1, 0.15) is 0 Å². The summed E-state index contributed by atoms with van der Waals surface area (Å²) in [4.78, 5) is 11.4. The zero-order chi connectivity index (χ0) is 15.4. The molecule has 0 saturated heterocycles. The fraction of sp³-hybridized carbons (Fsp3) is 0.316. The van der Waals surface area contributed by atoms with Crippen molar-refractivity contribution >= 4 is 17.9 Å². The maximum absolute atomic E-state index is 11.4. The van der Waals surface area contributed by atoms with Crippen molar-refractivity contribution in [2.75, 3.05) is 0 Å².